The van der Waals surface area contributed by atoms with Crippen molar-refractivity contribution in [3.63, 3.8) is 0 Å². The molecule has 1 aromatic heterocycles. The molecule has 5 N–H and O–H groups in total. The fraction of sp³-hybridized carbons (Fsp3) is 0.469. The topological polar surface area (TPSA) is 108 Å². The van der Waals surface area contributed by atoms with Crippen LogP contribution in [0.25, 0.3) is 0 Å². The number of aryl methyl sites for hydroxylation is 2. The Morgan fingerprint density at radius 3 is 2.67 bits per heavy atom. The summed E-state index contributed by atoms with van der Waals surface area (Å²) >= 11 is 0. The van der Waals surface area contributed by atoms with Crippen LogP contribution in [0.1, 0.15) is 78.7 Å². The number of nitrogens with one attached hydrogen (secondary N) is 3. The lowest BCUT2D eigenvalue weighted by Crippen LogP contribution is -2.42. The molecule has 8 nitrogen and oxygen atoms in total. The van der Waals surface area contributed by atoms with Crippen LogP contribution in [0.4, 0.5) is 23.0 Å². The number of aromatic nitrogens is 2. The van der Waals surface area contributed by atoms with Crippen LogP contribution in [-0.2, 0) is 13.0 Å². The number of hydrogen-bond donors (Lipinski definition) is 4. The van der Waals surface area contributed by atoms with Crippen LogP contribution in [0.15, 0.2) is 42.6 Å². The Labute approximate surface area is 239 Å². The Hall–Kier alpha value is -3.65. The van der Waals surface area contributed by atoms with Crippen LogP contribution in [0.5, 0.6) is 0 Å². The van der Waals surface area contributed by atoms with Gasteiger partial charge in [0.1, 0.15) is 0 Å². The van der Waals surface area contributed by atoms with Gasteiger partial charge in [0.05, 0.1) is 17.1 Å². The first-order valence-electron chi connectivity index (χ1n) is 14.7. The number of fused-ring (bicyclic) bond motifs is 1. The molecule has 0 unspecified atom stereocenters. The van der Waals surface area contributed by atoms with Gasteiger partial charge in [0.15, 0.2) is 0 Å². The number of anilines is 4. The Morgan fingerprint density at radius 1 is 1.15 bits per heavy atom. The zero-order valence-corrected chi connectivity index (χ0v) is 24.5. The maximum absolute atomic E-state index is 12.6. The highest BCUT2D eigenvalue weighted by Gasteiger charge is 2.24. The van der Waals surface area contributed by atoms with Gasteiger partial charge >= 0.3 is 0 Å². The van der Waals surface area contributed by atoms with Crippen LogP contribution in [-0.4, -0.2) is 46.5 Å². The van der Waals surface area contributed by atoms with Gasteiger partial charge in [-0.3, -0.25) is 4.79 Å². The number of benzene rings is 2. The molecule has 0 aliphatic carbocycles. The van der Waals surface area contributed by atoms with Crippen molar-refractivity contribution < 1.29 is 4.79 Å². The van der Waals surface area contributed by atoms with Gasteiger partial charge in [0, 0.05) is 61.7 Å². The highest BCUT2D eigenvalue weighted by molar-refractivity contribution is 5.96. The minimum atomic E-state index is 0.106. The number of nitrogens with zero attached hydrogens (tertiary/aromatic N) is 3. The zero-order chi connectivity index (χ0) is 28.5. The number of nitrogens with two attached hydrogens (primary N) is 1. The van der Waals surface area contributed by atoms with E-state index < -0.39 is 0 Å². The van der Waals surface area contributed by atoms with Crippen LogP contribution in [0.2, 0.25) is 0 Å². The molecule has 0 radical (unpaired) electrons. The average Bonchev–Trinajstić information content (AvgIpc) is 2.94. The fourth-order valence-electron chi connectivity index (χ4n) is 5.29. The maximum Gasteiger partial charge on any atom is 0.254 e. The first-order valence-corrected chi connectivity index (χ1v) is 14.7. The normalized spacial score (nSPS) is 16.4. The number of carbonyl (C=O) groups excluding carboxylic acids is 1. The minimum absolute atomic E-state index is 0.106. The summed E-state index contributed by atoms with van der Waals surface area (Å²) in [6, 6.07) is 12.3. The molecule has 1 atom stereocenters. The van der Waals surface area contributed by atoms with E-state index in [0.29, 0.717) is 23.2 Å². The summed E-state index contributed by atoms with van der Waals surface area (Å²) in [4.78, 5) is 23.5. The SMILES string of the molecule is CCCCNc1ccc(C(=O)N2CCCC[C@H]2C)cc1N.Cc1cc(C)cc(Nc2ncc3c(n2)CCNC3)c1. The lowest BCUT2D eigenvalue weighted by atomic mass is 10.0. The van der Waals surface area contributed by atoms with Gasteiger partial charge in [-0.1, -0.05) is 19.4 Å². The molecule has 0 spiro atoms. The zero-order valence-electron chi connectivity index (χ0n) is 24.5. The molecule has 2 aliphatic heterocycles. The second kappa shape index (κ2) is 14.1. The second-order valence-corrected chi connectivity index (χ2v) is 11.0. The molecular formula is C32H45N7O. The second-order valence-electron chi connectivity index (χ2n) is 11.0. The molecule has 2 aliphatic rings. The number of piperidine rings is 1. The van der Waals surface area contributed by atoms with Gasteiger partial charge in [-0.15, -0.1) is 0 Å². The summed E-state index contributed by atoms with van der Waals surface area (Å²) in [6.07, 6.45) is 8.56. The molecule has 8 heteroatoms. The van der Waals surface area contributed by atoms with Gasteiger partial charge in [0.25, 0.3) is 5.91 Å². The summed E-state index contributed by atoms with van der Waals surface area (Å²) in [7, 11) is 0. The Balaban J connectivity index is 0.000000186. The number of nitrogen functional groups attached to an aromatic ring is 1. The number of amides is 1. The van der Waals surface area contributed by atoms with E-state index in [-0.39, 0.29) is 5.91 Å². The van der Waals surface area contributed by atoms with Gasteiger partial charge < -0.3 is 26.6 Å². The first-order chi connectivity index (χ1) is 19.3. The van der Waals surface area contributed by atoms with E-state index in [4.69, 9.17) is 5.73 Å². The molecule has 0 saturated carbocycles. The standard InChI is InChI=1S/C17H27N3O.C15H18N4/c1-3-4-10-19-16-9-8-14(12-15(16)18)17(21)20-11-6-5-7-13(20)2;1-10-5-11(2)7-13(6-10)18-15-17-9-12-8-16-4-3-14(12)19-15/h8-9,12-13,19H,3-7,10-11,18H2,1-2H3;5-7,9,16H,3-4,8H2,1-2H3,(H,17,18,19)/t13-;/m1./s1. The van der Waals surface area contributed by atoms with E-state index in [2.05, 4.69) is 71.8 Å². The van der Waals surface area contributed by atoms with Crippen LogP contribution in [0.3, 0.4) is 0 Å². The molecule has 1 fully saturated rings. The van der Waals surface area contributed by atoms with E-state index in [1.54, 1.807) is 6.07 Å². The van der Waals surface area contributed by atoms with Gasteiger partial charge in [-0.05, 0) is 87.9 Å². The van der Waals surface area contributed by atoms with Crippen molar-refractivity contribution in [2.75, 3.05) is 36.0 Å². The third-order valence-corrected chi connectivity index (χ3v) is 7.49. The van der Waals surface area contributed by atoms with Crippen molar-refractivity contribution in [3.8, 4) is 0 Å². The van der Waals surface area contributed by atoms with Gasteiger partial charge in [0.2, 0.25) is 5.95 Å². The van der Waals surface area contributed by atoms with Crippen LogP contribution < -0.4 is 21.7 Å². The van der Waals surface area contributed by atoms with Crippen molar-refractivity contribution in [1.82, 2.24) is 20.2 Å². The largest absolute Gasteiger partial charge is 0.397 e. The average molecular weight is 544 g/mol. The quantitative estimate of drug-likeness (QED) is 0.214. The van der Waals surface area contributed by atoms with E-state index in [1.807, 2.05) is 23.2 Å². The number of carbonyl (C=O) groups is 1. The Bertz CT molecular complexity index is 1270. The molecule has 214 valence electrons. The lowest BCUT2D eigenvalue weighted by Gasteiger charge is -2.33. The predicted molar refractivity (Wildman–Crippen MR) is 165 cm³/mol. The molecule has 1 saturated heterocycles. The van der Waals surface area contributed by atoms with Crippen molar-refractivity contribution in [2.45, 2.75) is 78.8 Å². The summed E-state index contributed by atoms with van der Waals surface area (Å²) in [5.41, 5.74) is 14.2. The van der Waals surface area contributed by atoms with Crippen LogP contribution in [0, 0.1) is 13.8 Å². The number of likely N-dealkylation sites (tertiary alicyclic amines) is 1. The molecule has 0 bridgehead atoms. The van der Waals surface area contributed by atoms with Gasteiger partial charge in [-0.2, -0.15) is 0 Å². The third kappa shape index (κ3) is 7.94. The van der Waals surface area contributed by atoms with Gasteiger partial charge in [-0.25, -0.2) is 9.97 Å². The third-order valence-electron chi connectivity index (χ3n) is 7.49. The smallest absolute Gasteiger partial charge is 0.254 e. The molecule has 5 rings (SSSR count). The molecule has 3 aromatic rings. The first kappa shape index (κ1) is 29.3. The Morgan fingerprint density at radius 2 is 1.95 bits per heavy atom. The molecule has 40 heavy (non-hydrogen) atoms. The number of hydrogen-bond acceptors (Lipinski definition) is 7. The van der Waals surface area contributed by atoms with E-state index in [0.717, 1.165) is 75.4 Å². The minimum Gasteiger partial charge on any atom is -0.397 e. The summed E-state index contributed by atoms with van der Waals surface area (Å²) < 4.78 is 0. The summed E-state index contributed by atoms with van der Waals surface area (Å²) in [6.45, 7) is 12.1. The lowest BCUT2D eigenvalue weighted by molar-refractivity contribution is 0.0635. The molecule has 2 aromatic carbocycles. The molecule has 1 amide bonds. The number of unbranched alkanes of at least 4 members (excludes halogenated alkanes) is 1. The van der Waals surface area contributed by atoms with Crippen molar-refractivity contribution in [3.05, 3.63) is 70.5 Å². The van der Waals surface area contributed by atoms with E-state index in [1.165, 1.54) is 23.1 Å². The van der Waals surface area contributed by atoms with E-state index >= 15 is 0 Å². The van der Waals surface area contributed by atoms with Crippen molar-refractivity contribution in [1.29, 1.82) is 0 Å². The summed E-state index contributed by atoms with van der Waals surface area (Å²) in [5.74, 6) is 0.791. The molecule has 3 heterocycles. The maximum atomic E-state index is 12.6. The van der Waals surface area contributed by atoms with Crippen LogP contribution >= 0.6 is 0 Å². The number of rotatable bonds is 7. The summed E-state index contributed by atoms with van der Waals surface area (Å²) in [5, 5.41) is 9.94. The van der Waals surface area contributed by atoms with E-state index in [9.17, 15) is 4.79 Å². The fourth-order valence-corrected chi connectivity index (χ4v) is 5.29. The van der Waals surface area contributed by atoms with Crippen molar-refractivity contribution >= 4 is 28.9 Å². The molecular weight excluding hydrogens is 498 g/mol. The highest BCUT2D eigenvalue weighted by Crippen LogP contribution is 2.24. The monoisotopic (exact) mass is 543 g/mol. The predicted octanol–water partition coefficient (Wildman–Crippen LogP) is 5.98. The van der Waals surface area contributed by atoms with Crippen molar-refractivity contribution in [2.24, 2.45) is 0 Å². The highest BCUT2D eigenvalue weighted by atomic mass is 16.2. The Kier molecular flexibility index (Phi) is 10.4.